The van der Waals surface area contributed by atoms with Gasteiger partial charge < -0.3 is 19.8 Å². The third-order valence-electron chi connectivity index (χ3n) is 3.80. The number of benzene rings is 2. The van der Waals surface area contributed by atoms with E-state index in [2.05, 4.69) is 15.3 Å². The van der Waals surface area contributed by atoms with Crippen molar-refractivity contribution in [2.24, 2.45) is 0 Å². The largest absolute Gasteiger partial charge is 0.454 e. The van der Waals surface area contributed by atoms with Crippen LogP contribution in [0, 0.1) is 0 Å². The number of halogens is 1. The van der Waals surface area contributed by atoms with Crippen molar-refractivity contribution in [3.05, 3.63) is 65.5 Å². The first kappa shape index (κ1) is 16.2. The Morgan fingerprint density at radius 2 is 2.08 bits per heavy atom. The smallest absolute Gasteiger partial charge is 0.248 e. The first-order chi connectivity index (χ1) is 12.7. The predicted molar refractivity (Wildman–Crippen MR) is 99.3 cm³/mol. The Bertz CT molecular complexity index is 966. The number of rotatable bonds is 4. The van der Waals surface area contributed by atoms with Gasteiger partial charge in [0.25, 0.3) is 0 Å². The summed E-state index contributed by atoms with van der Waals surface area (Å²) in [6.45, 7) is 0.150. The van der Waals surface area contributed by atoms with Crippen LogP contribution in [0.4, 0.5) is 5.69 Å². The number of imidazole rings is 1. The van der Waals surface area contributed by atoms with Crippen LogP contribution in [0.1, 0.15) is 5.56 Å². The van der Waals surface area contributed by atoms with Gasteiger partial charge in [0.15, 0.2) is 11.5 Å². The molecule has 0 saturated carbocycles. The highest BCUT2D eigenvalue weighted by Gasteiger charge is 2.17. The number of aromatic amines is 1. The number of nitrogens with zero attached hydrogens (tertiary/aromatic N) is 1. The van der Waals surface area contributed by atoms with E-state index in [1.54, 1.807) is 30.6 Å². The minimum Gasteiger partial charge on any atom is -0.454 e. The van der Waals surface area contributed by atoms with Crippen LogP contribution >= 0.6 is 11.6 Å². The average molecular weight is 368 g/mol. The highest BCUT2D eigenvalue weighted by molar-refractivity contribution is 6.32. The summed E-state index contributed by atoms with van der Waals surface area (Å²) in [6.07, 6.45) is 6.56. The number of ether oxygens (including phenoxy) is 2. The number of carbonyl (C=O) groups excluding carboxylic acids is 1. The summed E-state index contributed by atoms with van der Waals surface area (Å²) in [5.41, 5.74) is 2.39. The fraction of sp³-hybridized carbons (Fsp3) is 0.0526. The lowest BCUT2D eigenvalue weighted by molar-refractivity contribution is -0.111. The Balaban J connectivity index is 1.42. The van der Waals surface area contributed by atoms with E-state index in [-0.39, 0.29) is 12.7 Å². The quantitative estimate of drug-likeness (QED) is 0.680. The van der Waals surface area contributed by atoms with Gasteiger partial charge in [0.05, 0.1) is 5.02 Å². The Labute approximate surface area is 154 Å². The van der Waals surface area contributed by atoms with Gasteiger partial charge in [-0.3, -0.25) is 4.79 Å². The van der Waals surface area contributed by atoms with Gasteiger partial charge in [-0.25, -0.2) is 4.98 Å². The molecule has 0 aliphatic carbocycles. The van der Waals surface area contributed by atoms with E-state index in [0.717, 1.165) is 17.0 Å². The zero-order valence-corrected chi connectivity index (χ0v) is 14.3. The fourth-order valence-corrected chi connectivity index (χ4v) is 2.85. The fourth-order valence-electron chi connectivity index (χ4n) is 2.57. The number of aromatic nitrogens is 2. The van der Waals surface area contributed by atoms with Crippen LogP contribution in [0.25, 0.3) is 17.5 Å². The number of nitrogens with one attached hydrogen (secondary N) is 2. The van der Waals surface area contributed by atoms with E-state index in [1.165, 1.54) is 6.08 Å². The summed E-state index contributed by atoms with van der Waals surface area (Å²) in [5, 5.41) is 3.26. The molecular weight excluding hydrogens is 354 g/mol. The standard InChI is InChI=1S/C19H14ClN3O3/c20-15-9-12(10-16-18(15)26-11-25-16)1-6-17(24)23-14-4-2-13(3-5-14)19-21-7-8-22-19/h1-10H,11H2,(H,21,22)(H,23,24)/b6-1+. The molecule has 0 unspecified atom stereocenters. The molecule has 0 fully saturated rings. The Hall–Kier alpha value is -3.25. The number of amides is 1. The van der Waals surface area contributed by atoms with Crippen LogP contribution in [0.3, 0.4) is 0 Å². The number of hydrogen-bond donors (Lipinski definition) is 2. The third kappa shape index (κ3) is 3.41. The van der Waals surface area contributed by atoms with Crippen LogP contribution in [-0.2, 0) is 4.79 Å². The number of carbonyl (C=O) groups is 1. The summed E-state index contributed by atoms with van der Waals surface area (Å²) < 4.78 is 10.6. The van der Waals surface area contributed by atoms with E-state index < -0.39 is 0 Å². The molecule has 0 spiro atoms. The van der Waals surface area contributed by atoms with Crippen molar-refractivity contribution >= 4 is 29.3 Å². The van der Waals surface area contributed by atoms with Gasteiger partial charge in [0.2, 0.25) is 12.7 Å². The molecule has 26 heavy (non-hydrogen) atoms. The second-order valence-corrected chi connectivity index (χ2v) is 5.98. The van der Waals surface area contributed by atoms with Crippen LogP contribution in [0.2, 0.25) is 5.02 Å². The maximum Gasteiger partial charge on any atom is 0.248 e. The second-order valence-electron chi connectivity index (χ2n) is 5.57. The summed E-state index contributed by atoms with van der Waals surface area (Å²) in [4.78, 5) is 19.3. The van der Waals surface area contributed by atoms with Crippen molar-refractivity contribution in [2.45, 2.75) is 0 Å². The first-order valence-electron chi connectivity index (χ1n) is 7.87. The molecular formula is C19H14ClN3O3. The van der Waals surface area contributed by atoms with Gasteiger partial charge in [-0.1, -0.05) is 11.6 Å². The molecule has 0 radical (unpaired) electrons. The van der Waals surface area contributed by atoms with Crippen LogP contribution in [0.5, 0.6) is 11.5 Å². The van der Waals surface area contributed by atoms with E-state index in [0.29, 0.717) is 22.2 Å². The van der Waals surface area contributed by atoms with Crippen LogP contribution in [0.15, 0.2) is 54.9 Å². The van der Waals surface area contributed by atoms with E-state index in [4.69, 9.17) is 21.1 Å². The Morgan fingerprint density at radius 1 is 1.23 bits per heavy atom. The molecule has 0 bridgehead atoms. The van der Waals surface area contributed by atoms with Gasteiger partial charge >= 0.3 is 0 Å². The van der Waals surface area contributed by atoms with Gasteiger partial charge in [0, 0.05) is 29.7 Å². The minimum atomic E-state index is -0.246. The summed E-state index contributed by atoms with van der Waals surface area (Å²) in [5.74, 6) is 1.64. The third-order valence-corrected chi connectivity index (χ3v) is 4.08. The van der Waals surface area contributed by atoms with E-state index >= 15 is 0 Å². The molecule has 1 amide bonds. The molecule has 3 aromatic rings. The zero-order chi connectivity index (χ0) is 17.9. The maximum atomic E-state index is 12.1. The Morgan fingerprint density at radius 3 is 2.85 bits per heavy atom. The van der Waals surface area contributed by atoms with Crippen molar-refractivity contribution in [2.75, 3.05) is 12.1 Å². The monoisotopic (exact) mass is 367 g/mol. The lowest BCUT2D eigenvalue weighted by Crippen LogP contribution is -2.07. The maximum absolute atomic E-state index is 12.1. The van der Waals surface area contributed by atoms with Crippen LogP contribution in [-0.4, -0.2) is 22.7 Å². The molecule has 2 N–H and O–H groups in total. The van der Waals surface area contributed by atoms with Crippen molar-refractivity contribution < 1.29 is 14.3 Å². The summed E-state index contributed by atoms with van der Waals surface area (Å²) in [6, 6.07) is 10.9. The average Bonchev–Trinajstić information content (AvgIpc) is 3.32. The lowest BCUT2D eigenvalue weighted by Gasteiger charge is -2.04. The molecule has 4 rings (SSSR count). The summed E-state index contributed by atoms with van der Waals surface area (Å²) in [7, 11) is 0. The Kier molecular flexibility index (Phi) is 4.33. The van der Waals surface area contributed by atoms with Crippen molar-refractivity contribution in [1.29, 1.82) is 0 Å². The highest BCUT2D eigenvalue weighted by Crippen LogP contribution is 2.40. The number of H-pyrrole nitrogens is 1. The summed E-state index contributed by atoms with van der Waals surface area (Å²) >= 11 is 6.13. The van der Waals surface area contributed by atoms with Crippen molar-refractivity contribution in [1.82, 2.24) is 9.97 Å². The molecule has 1 aliphatic rings. The molecule has 7 heteroatoms. The van der Waals surface area contributed by atoms with Gasteiger partial charge in [-0.2, -0.15) is 0 Å². The van der Waals surface area contributed by atoms with E-state index in [9.17, 15) is 4.79 Å². The zero-order valence-electron chi connectivity index (χ0n) is 13.5. The van der Waals surface area contributed by atoms with Crippen molar-refractivity contribution in [3.8, 4) is 22.9 Å². The second kappa shape index (κ2) is 6.93. The van der Waals surface area contributed by atoms with Gasteiger partial charge in [0.1, 0.15) is 5.82 Å². The molecule has 0 saturated heterocycles. The SMILES string of the molecule is O=C(/C=C/c1cc(Cl)c2c(c1)OCO2)Nc1ccc(-c2ncc[nH]2)cc1. The predicted octanol–water partition coefficient (Wildman–Crippen LogP) is 4.11. The molecule has 2 heterocycles. The number of anilines is 1. The molecule has 1 aromatic heterocycles. The van der Waals surface area contributed by atoms with Crippen LogP contribution < -0.4 is 14.8 Å². The molecule has 130 valence electrons. The lowest BCUT2D eigenvalue weighted by atomic mass is 10.2. The molecule has 6 nitrogen and oxygen atoms in total. The highest BCUT2D eigenvalue weighted by atomic mass is 35.5. The normalized spacial score (nSPS) is 12.5. The minimum absolute atomic E-state index is 0.150. The molecule has 1 aliphatic heterocycles. The molecule has 2 aromatic carbocycles. The first-order valence-corrected chi connectivity index (χ1v) is 8.25. The van der Waals surface area contributed by atoms with Crippen molar-refractivity contribution in [3.63, 3.8) is 0 Å². The van der Waals surface area contributed by atoms with Gasteiger partial charge in [-0.15, -0.1) is 0 Å². The number of fused-ring (bicyclic) bond motifs is 1. The number of hydrogen-bond acceptors (Lipinski definition) is 4. The topological polar surface area (TPSA) is 76.2 Å². The van der Waals surface area contributed by atoms with Gasteiger partial charge in [-0.05, 0) is 48.0 Å². The van der Waals surface area contributed by atoms with E-state index in [1.807, 2.05) is 24.3 Å². The molecule has 0 atom stereocenters.